The molecular formula is C4H8N4. The first-order valence-corrected chi connectivity index (χ1v) is 2.01. The topological polar surface area (TPSA) is 88.2 Å². The average molecular weight is 112 g/mol. The first kappa shape index (κ1) is 6.68. The van der Waals surface area contributed by atoms with Crippen molar-refractivity contribution < 1.29 is 0 Å². The van der Waals surface area contributed by atoms with E-state index in [1.807, 2.05) is 0 Å². The summed E-state index contributed by atoms with van der Waals surface area (Å²) in [6.07, 6.45) is 3.86. The Morgan fingerprint density at radius 3 is 2.50 bits per heavy atom. The van der Waals surface area contributed by atoms with Crippen molar-refractivity contribution in [3.8, 4) is 0 Å². The van der Waals surface area contributed by atoms with Gasteiger partial charge in [0.1, 0.15) is 0 Å². The molecule has 0 saturated heterocycles. The molecule has 0 aliphatic heterocycles. The van der Waals surface area contributed by atoms with Crippen LogP contribution in [0, 0.1) is 5.41 Å². The van der Waals surface area contributed by atoms with E-state index >= 15 is 0 Å². The maximum atomic E-state index is 6.48. The maximum Gasteiger partial charge on any atom is 0.190 e. The highest BCUT2D eigenvalue weighted by atomic mass is 15.0. The Bertz CT molecular complexity index is 120. The van der Waals surface area contributed by atoms with Gasteiger partial charge in [0.05, 0.1) is 0 Å². The van der Waals surface area contributed by atoms with Gasteiger partial charge < -0.3 is 16.9 Å². The highest BCUT2D eigenvalue weighted by Crippen LogP contribution is 1.66. The summed E-state index contributed by atoms with van der Waals surface area (Å²) in [6.45, 7) is 0. The molecule has 0 aromatic heterocycles. The van der Waals surface area contributed by atoms with Crippen LogP contribution in [0.1, 0.15) is 0 Å². The van der Waals surface area contributed by atoms with Crippen LogP contribution in [0.25, 0.3) is 0 Å². The smallest absolute Gasteiger partial charge is 0.190 e. The second-order valence-electron chi connectivity index (χ2n) is 1.06. The van der Waals surface area contributed by atoms with E-state index in [0.717, 1.165) is 6.21 Å². The highest BCUT2D eigenvalue weighted by molar-refractivity contribution is 5.77. The van der Waals surface area contributed by atoms with Crippen molar-refractivity contribution in [1.82, 2.24) is 0 Å². The van der Waals surface area contributed by atoms with Crippen LogP contribution >= 0.6 is 0 Å². The third-order valence-corrected chi connectivity index (χ3v) is 0.406. The summed E-state index contributed by atoms with van der Waals surface area (Å²) in [7, 11) is 0. The molecular weight excluding hydrogens is 104 g/mol. The highest BCUT2D eigenvalue weighted by Gasteiger charge is 1.67. The predicted octanol–water partition coefficient (Wildman–Crippen LogP) is -0.577. The Morgan fingerprint density at radius 2 is 2.12 bits per heavy atom. The normalized spacial score (nSPS) is 9.00. The first-order valence-electron chi connectivity index (χ1n) is 2.01. The Hall–Kier alpha value is -1.32. The monoisotopic (exact) mass is 112 g/mol. The van der Waals surface area contributed by atoms with Gasteiger partial charge in [-0.15, -0.1) is 0 Å². The minimum absolute atomic E-state index is 0.00287. The number of nitrogens with two attached hydrogens (primary N) is 2. The third kappa shape index (κ3) is 4.68. The van der Waals surface area contributed by atoms with E-state index in [-0.39, 0.29) is 5.96 Å². The Morgan fingerprint density at radius 1 is 1.50 bits per heavy atom. The molecule has 0 aromatic rings. The molecule has 0 atom stereocenters. The van der Waals surface area contributed by atoms with E-state index in [0.29, 0.717) is 0 Å². The number of hydrogen-bond donors (Lipinski definition) is 3. The summed E-state index contributed by atoms with van der Waals surface area (Å²) in [5, 5.41) is 6.48. The summed E-state index contributed by atoms with van der Waals surface area (Å²) < 4.78 is 0. The van der Waals surface area contributed by atoms with Crippen LogP contribution < -0.4 is 11.5 Å². The van der Waals surface area contributed by atoms with Crippen LogP contribution in [-0.2, 0) is 0 Å². The Balaban J connectivity index is 3.57. The number of aliphatic imine (C=N–C) groups is 1. The molecule has 8 heavy (non-hydrogen) atoms. The van der Waals surface area contributed by atoms with Gasteiger partial charge in [-0.2, -0.15) is 0 Å². The number of guanidine groups is 1. The molecule has 0 aliphatic carbocycles. The van der Waals surface area contributed by atoms with E-state index in [9.17, 15) is 0 Å². The molecule has 0 heterocycles. The van der Waals surface area contributed by atoms with Crippen LogP contribution in [0.2, 0.25) is 0 Å². The molecule has 4 nitrogen and oxygen atoms in total. The van der Waals surface area contributed by atoms with Crippen molar-refractivity contribution >= 4 is 12.2 Å². The lowest BCUT2D eigenvalue weighted by atomic mass is 10.7. The van der Waals surface area contributed by atoms with Gasteiger partial charge in [0.2, 0.25) is 0 Å². The fourth-order valence-electron chi connectivity index (χ4n) is 0.172. The Kier molecular flexibility index (Phi) is 3.22. The first-order chi connectivity index (χ1) is 3.77. The second kappa shape index (κ2) is 3.86. The van der Waals surface area contributed by atoms with Crippen molar-refractivity contribution in [2.75, 3.05) is 0 Å². The largest absolute Gasteiger partial charge is 0.370 e. The summed E-state index contributed by atoms with van der Waals surface area (Å²) in [4.78, 5) is 3.45. The average Bonchev–Trinajstić information content (AvgIpc) is 1.66. The molecule has 0 bridgehead atoms. The van der Waals surface area contributed by atoms with Crippen LogP contribution in [0.3, 0.4) is 0 Å². The van der Waals surface area contributed by atoms with Gasteiger partial charge in [-0.3, -0.25) is 0 Å². The molecule has 0 aliphatic rings. The second-order valence-corrected chi connectivity index (χ2v) is 1.06. The molecule has 0 aromatic carbocycles. The van der Waals surface area contributed by atoms with Crippen molar-refractivity contribution in [1.29, 1.82) is 5.41 Å². The van der Waals surface area contributed by atoms with Gasteiger partial charge in [0.25, 0.3) is 0 Å². The lowest BCUT2D eigenvalue weighted by molar-refractivity contribution is 1.43. The fourth-order valence-corrected chi connectivity index (χ4v) is 0.172. The number of nitrogens with one attached hydrogen (secondary N) is 1. The van der Waals surface area contributed by atoms with Crippen LogP contribution in [0.4, 0.5) is 0 Å². The minimum Gasteiger partial charge on any atom is -0.370 e. The van der Waals surface area contributed by atoms with Gasteiger partial charge in [-0.05, 0) is 6.08 Å². The molecule has 0 rings (SSSR count). The van der Waals surface area contributed by atoms with Crippen molar-refractivity contribution in [3.63, 3.8) is 0 Å². The van der Waals surface area contributed by atoms with E-state index in [1.54, 1.807) is 0 Å². The molecule has 0 unspecified atom stereocenters. The van der Waals surface area contributed by atoms with E-state index in [4.69, 9.17) is 16.9 Å². The van der Waals surface area contributed by atoms with Crippen LogP contribution in [0.5, 0.6) is 0 Å². The maximum absolute atomic E-state index is 6.48. The third-order valence-electron chi connectivity index (χ3n) is 0.406. The van der Waals surface area contributed by atoms with Gasteiger partial charge in [-0.1, -0.05) is 0 Å². The van der Waals surface area contributed by atoms with E-state index in [1.165, 1.54) is 12.3 Å². The zero-order valence-corrected chi connectivity index (χ0v) is 4.33. The van der Waals surface area contributed by atoms with Gasteiger partial charge >= 0.3 is 0 Å². The molecule has 44 valence electrons. The molecule has 0 spiro atoms. The molecule has 0 saturated carbocycles. The molecule has 0 fully saturated rings. The summed E-state index contributed by atoms with van der Waals surface area (Å²) >= 11 is 0. The fraction of sp³-hybridized carbons (Fsp3) is 0. The summed E-state index contributed by atoms with van der Waals surface area (Å²) in [5.74, 6) is 0.00287. The number of rotatable bonds is 2. The van der Waals surface area contributed by atoms with E-state index < -0.39 is 0 Å². The van der Waals surface area contributed by atoms with Crippen molar-refractivity contribution in [2.45, 2.75) is 0 Å². The van der Waals surface area contributed by atoms with Gasteiger partial charge in [0.15, 0.2) is 5.96 Å². The molecule has 0 amide bonds. The predicted molar refractivity (Wildman–Crippen MR) is 33.7 cm³/mol. The quantitative estimate of drug-likeness (QED) is 0.329. The lowest BCUT2D eigenvalue weighted by Gasteiger charge is -1.80. The lowest BCUT2D eigenvalue weighted by Crippen LogP contribution is -2.21. The minimum atomic E-state index is 0.00287. The SMILES string of the molecule is N=CC=CN=C(N)N. The molecule has 0 radical (unpaired) electrons. The van der Waals surface area contributed by atoms with Crippen LogP contribution in [-0.4, -0.2) is 12.2 Å². The van der Waals surface area contributed by atoms with Crippen molar-refractivity contribution in [2.24, 2.45) is 16.5 Å². The van der Waals surface area contributed by atoms with Crippen molar-refractivity contribution in [3.05, 3.63) is 12.3 Å². The van der Waals surface area contributed by atoms with Gasteiger partial charge in [0, 0.05) is 12.4 Å². The number of nitrogens with zero attached hydrogens (tertiary/aromatic N) is 1. The zero-order valence-electron chi connectivity index (χ0n) is 4.33. The Labute approximate surface area is 47.4 Å². The van der Waals surface area contributed by atoms with Gasteiger partial charge in [-0.25, -0.2) is 4.99 Å². The van der Waals surface area contributed by atoms with E-state index in [2.05, 4.69) is 4.99 Å². The zero-order chi connectivity index (χ0) is 6.41. The number of hydrogen-bond acceptors (Lipinski definition) is 2. The number of allylic oxidation sites excluding steroid dienone is 1. The summed E-state index contributed by atoms with van der Waals surface area (Å²) in [6, 6.07) is 0. The van der Waals surface area contributed by atoms with Crippen LogP contribution in [0.15, 0.2) is 17.3 Å². The molecule has 5 N–H and O–H groups in total. The summed E-state index contributed by atoms with van der Waals surface area (Å²) in [5.41, 5.74) is 9.87. The standard InChI is InChI=1S/C4H8N4/c5-2-1-3-8-4(6)7/h1-3,5H,(H4,6,7,8). The molecule has 4 heteroatoms.